The second-order valence-electron chi connectivity index (χ2n) is 2.56. The molecule has 0 bridgehead atoms. The monoisotopic (exact) mass is 178 g/mol. The van der Waals surface area contributed by atoms with Crippen LogP contribution in [0.1, 0.15) is 11.7 Å². The van der Waals surface area contributed by atoms with Crippen LogP contribution >= 0.6 is 0 Å². The molecule has 68 valence electrons. The first kappa shape index (κ1) is 9.12. The lowest BCUT2D eigenvalue weighted by Crippen LogP contribution is -2.29. The average molecular weight is 178 g/mol. The van der Waals surface area contributed by atoms with Gasteiger partial charge in [0, 0.05) is 18.9 Å². The van der Waals surface area contributed by atoms with E-state index >= 15 is 0 Å². The van der Waals surface area contributed by atoms with Crippen molar-refractivity contribution in [2.75, 3.05) is 0 Å². The molecule has 0 saturated heterocycles. The molecule has 1 unspecified atom stereocenters. The summed E-state index contributed by atoms with van der Waals surface area (Å²) in [7, 11) is 1.53. The number of nitrogens with two attached hydrogens (primary N) is 1. The van der Waals surface area contributed by atoms with Crippen LogP contribution in [0.3, 0.4) is 0 Å². The van der Waals surface area contributed by atoms with Gasteiger partial charge in [-0.25, -0.2) is 0 Å². The van der Waals surface area contributed by atoms with Gasteiger partial charge in [0.25, 0.3) is 0 Å². The molecule has 0 fully saturated rings. The SMILES string of the molecule is Cn1cccc1C(N)C(F)(F)F. The number of hydrogen-bond acceptors (Lipinski definition) is 1. The van der Waals surface area contributed by atoms with E-state index in [-0.39, 0.29) is 5.69 Å². The van der Waals surface area contributed by atoms with E-state index in [2.05, 4.69) is 0 Å². The smallest absolute Gasteiger partial charge is 0.353 e. The third-order valence-electron chi connectivity index (χ3n) is 1.66. The van der Waals surface area contributed by atoms with Gasteiger partial charge in [-0.2, -0.15) is 13.2 Å². The number of aromatic nitrogens is 1. The van der Waals surface area contributed by atoms with E-state index in [0.29, 0.717) is 0 Å². The fourth-order valence-electron chi connectivity index (χ4n) is 0.965. The van der Waals surface area contributed by atoms with Crippen molar-refractivity contribution in [1.82, 2.24) is 4.57 Å². The van der Waals surface area contributed by atoms with Gasteiger partial charge in [-0.05, 0) is 12.1 Å². The van der Waals surface area contributed by atoms with Crippen LogP contribution in [0.15, 0.2) is 18.3 Å². The van der Waals surface area contributed by atoms with Crippen LogP contribution in [-0.4, -0.2) is 10.7 Å². The summed E-state index contributed by atoms with van der Waals surface area (Å²) < 4.78 is 37.5. The molecule has 0 amide bonds. The standard InChI is InChI=1S/C7H9F3N2/c1-12-4-2-3-5(12)6(11)7(8,9)10/h2-4,6H,11H2,1H3. The molecule has 1 atom stereocenters. The van der Waals surface area contributed by atoms with Gasteiger partial charge < -0.3 is 10.3 Å². The first-order valence-corrected chi connectivity index (χ1v) is 3.36. The van der Waals surface area contributed by atoms with Crippen molar-refractivity contribution in [1.29, 1.82) is 0 Å². The molecule has 5 heteroatoms. The van der Waals surface area contributed by atoms with E-state index < -0.39 is 12.2 Å². The van der Waals surface area contributed by atoms with E-state index in [1.165, 1.54) is 29.9 Å². The third kappa shape index (κ3) is 1.61. The maximum atomic E-state index is 12.1. The fraction of sp³-hybridized carbons (Fsp3) is 0.429. The summed E-state index contributed by atoms with van der Waals surface area (Å²) in [4.78, 5) is 0. The largest absolute Gasteiger partial charge is 0.409 e. The highest BCUT2D eigenvalue weighted by Gasteiger charge is 2.38. The zero-order valence-corrected chi connectivity index (χ0v) is 6.47. The summed E-state index contributed by atoms with van der Waals surface area (Å²) in [5, 5.41) is 0. The van der Waals surface area contributed by atoms with Crippen LogP contribution in [0, 0.1) is 0 Å². The van der Waals surface area contributed by atoms with Gasteiger partial charge in [0.15, 0.2) is 0 Å². The number of aryl methyl sites for hydroxylation is 1. The Balaban J connectivity index is 2.92. The van der Waals surface area contributed by atoms with E-state index in [9.17, 15) is 13.2 Å². The lowest BCUT2D eigenvalue weighted by atomic mass is 10.2. The van der Waals surface area contributed by atoms with E-state index in [4.69, 9.17) is 5.73 Å². The topological polar surface area (TPSA) is 30.9 Å². The van der Waals surface area contributed by atoms with Crippen LogP contribution in [0.5, 0.6) is 0 Å². The van der Waals surface area contributed by atoms with Gasteiger partial charge in [-0.3, -0.25) is 0 Å². The molecule has 2 N–H and O–H groups in total. The van der Waals surface area contributed by atoms with Gasteiger partial charge >= 0.3 is 6.18 Å². The molecule has 0 aromatic carbocycles. The van der Waals surface area contributed by atoms with Gasteiger partial charge in [0.1, 0.15) is 6.04 Å². The lowest BCUT2D eigenvalue weighted by Gasteiger charge is -2.16. The maximum Gasteiger partial charge on any atom is 0.409 e. The molecular weight excluding hydrogens is 169 g/mol. The summed E-state index contributed by atoms with van der Waals surface area (Å²) in [6.07, 6.45) is -2.84. The second kappa shape index (κ2) is 2.82. The Morgan fingerprint density at radius 2 is 2.08 bits per heavy atom. The number of alkyl halides is 3. The quantitative estimate of drug-likeness (QED) is 0.695. The van der Waals surface area contributed by atoms with Crippen molar-refractivity contribution in [3.63, 3.8) is 0 Å². The molecule has 1 aromatic rings. The summed E-state index contributed by atoms with van der Waals surface area (Å²) in [6.45, 7) is 0. The van der Waals surface area contributed by atoms with Crippen LogP contribution < -0.4 is 5.73 Å². The van der Waals surface area contributed by atoms with Crippen molar-refractivity contribution < 1.29 is 13.2 Å². The molecule has 0 aliphatic heterocycles. The van der Waals surface area contributed by atoms with Crippen molar-refractivity contribution >= 4 is 0 Å². The zero-order chi connectivity index (χ0) is 9.35. The summed E-state index contributed by atoms with van der Waals surface area (Å²) >= 11 is 0. The Hall–Kier alpha value is -0.970. The highest BCUT2D eigenvalue weighted by Crippen LogP contribution is 2.29. The summed E-state index contributed by atoms with van der Waals surface area (Å²) in [6, 6.07) is 0.997. The molecule has 12 heavy (non-hydrogen) atoms. The van der Waals surface area contributed by atoms with Crippen molar-refractivity contribution in [3.05, 3.63) is 24.0 Å². The average Bonchev–Trinajstić information content (AvgIpc) is 2.31. The normalized spacial score (nSPS) is 14.8. The van der Waals surface area contributed by atoms with Crippen LogP contribution in [0.4, 0.5) is 13.2 Å². The highest BCUT2D eigenvalue weighted by atomic mass is 19.4. The molecule has 0 radical (unpaired) electrons. The molecule has 1 aromatic heterocycles. The Labute approximate surface area is 67.8 Å². The van der Waals surface area contributed by atoms with E-state index in [0.717, 1.165) is 0 Å². The van der Waals surface area contributed by atoms with E-state index in [1.807, 2.05) is 0 Å². The molecule has 2 nitrogen and oxygen atoms in total. The molecule has 0 saturated carbocycles. The van der Waals surface area contributed by atoms with Gasteiger partial charge in [-0.1, -0.05) is 0 Å². The first-order valence-electron chi connectivity index (χ1n) is 3.36. The third-order valence-corrected chi connectivity index (χ3v) is 1.66. The molecule has 0 aliphatic rings. The number of hydrogen-bond donors (Lipinski definition) is 1. The second-order valence-corrected chi connectivity index (χ2v) is 2.56. The predicted molar refractivity (Wildman–Crippen MR) is 38.4 cm³/mol. The Morgan fingerprint density at radius 3 is 2.42 bits per heavy atom. The number of rotatable bonds is 1. The Morgan fingerprint density at radius 1 is 1.50 bits per heavy atom. The molecule has 1 heterocycles. The van der Waals surface area contributed by atoms with Gasteiger partial charge in [0.05, 0.1) is 0 Å². The number of nitrogens with zero attached hydrogens (tertiary/aromatic N) is 1. The molecule has 0 spiro atoms. The molecule has 0 aliphatic carbocycles. The lowest BCUT2D eigenvalue weighted by molar-refractivity contribution is -0.150. The predicted octanol–water partition coefficient (Wildman–Crippen LogP) is 1.59. The summed E-state index contributed by atoms with van der Waals surface area (Å²) in [5.74, 6) is 0. The van der Waals surface area contributed by atoms with Gasteiger partial charge in [0.2, 0.25) is 0 Å². The summed E-state index contributed by atoms with van der Waals surface area (Å²) in [5.41, 5.74) is 5.04. The van der Waals surface area contributed by atoms with E-state index in [1.54, 1.807) is 0 Å². The Kier molecular flexibility index (Phi) is 2.14. The van der Waals surface area contributed by atoms with Crippen LogP contribution in [0.25, 0.3) is 0 Å². The molecule has 1 rings (SSSR count). The van der Waals surface area contributed by atoms with Crippen molar-refractivity contribution in [2.24, 2.45) is 12.8 Å². The minimum Gasteiger partial charge on any atom is -0.353 e. The minimum atomic E-state index is -4.37. The van der Waals surface area contributed by atoms with Crippen LogP contribution in [-0.2, 0) is 7.05 Å². The minimum absolute atomic E-state index is 0.0718. The van der Waals surface area contributed by atoms with Crippen LogP contribution in [0.2, 0.25) is 0 Å². The van der Waals surface area contributed by atoms with Crippen molar-refractivity contribution in [2.45, 2.75) is 12.2 Å². The Bertz CT molecular complexity index is 264. The molecular formula is C7H9F3N2. The number of halogens is 3. The first-order chi connectivity index (χ1) is 5.43. The zero-order valence-electron chi connectivity index (χ0n) is 6.47. The maximum absolute atomic E-state index is 12.1. The highest BCUT2D eigenvalue weighted by molar-refractivity contribution is 5.12. The van der Waals surface area contributed by atoms with Gasteiger partial charge in [-0.15, -0.1) is 0 Å². The fourth-order valence-corrected chi connectivity index (χ4v) is 0.965. The van der Waals surface area contributed by atoms with Crippen molar-refractivity contribution in [3.8, 4) is 0 Å².